The zero-order valence-corrected chi connectivity index (χ0v) is 23.6. The Bertz CT molecular complexity index is 1560. The fraction of sp³-hybridized carbons (Fsp3) is 0.355. The fourth-order valence-electron chi connectivity index (χ4n) is 4.96. The van der Waals surface area contributed by atoms with Gasteiger partial charge in [0, 0.05) is 45.2 Å². The number of piperazine rings is 1. The molecule has 0 saturated carbocycles. The molecule has 2 aliphatic heterocycles. The minimum atomic E-state index is -0.967. The van der Waals surface area contributed by atoms with Crippen molar-refractivity contribution >= 4 is 17.5 Å². The van der Waals surface area contributed by atoms with Gasteiger partial charge in [-0.3, -0.25) is 24.5 Å². The van der Waals surface area contributed by atoms with Gasteiger partial charge in [0.05, 0.1) is 18.8 Å². The third-order valence-corrected chi connectivity index (χ3v) is 7.32. The lowest BCUT2D eigenvalue weighted by molar-refractivity contribution is -0.121. The lowest BCUT2D eigenvalue weighted by atomic mass is 10.1. The highest BCUT2D eigenvalue weighted by atomic mass is 16.5. The largest absolute Gasteiger partial charge is 0.508 e. The van der Waals surface area contributed by atoms with Crippen molar-refractivity contribution < 1.29 is 19.4 Å². The van der Waals surface area contributed by atoms with Crippen molar-refractivity contribution in [3.8, 4) is 35.7 Å². The lowest BCUT2D eigenvalue weighted by Crippen LogP contribution is -2.53. The molecule has 0 spiro atoms. The fourth-order valence-corrected chi connectivity index (χ4v) is 4.96. The Morgan fingerprint density at radius 3 is 2.67 bits per heavy atom. The minimum Gasteiger partial charge on any atom is -0.508 e. The number of nitrogens with one attached hydrogen (secondary N) is 2. The van der Waals surface area contributed by atoms with E-state index in [0.717, 1.165) is 37.3 Å². The summed E-state index contributed by atoms with van der Waals surface area (Å²) in [6.45, 7) is 6.76. The zero-order valence-electron chi connectivity index (χ0n) is 23.6. The second-order valence-electron chi connectivity index (χ2n) is 10.4. The molecule has 2 amide bonds. The van der Waals surface area contributed by atoms with Crippen LogP contribution in [0, 0.1) is 24.2 Å². The average molecular weight is 568 g/mol. The first kappa shape index (κ1) is 28.7. The van der Waals surface area contributed by atoms with E-state index in [1.165, 1.54) is 4.90 Å². The number of ether oxygens (including phenoxy) is 1. The van der Waals surface area contributed by atoms with E-state index in [1.54, 1.807) is 38.2 Å². The smallest absolute Gasteiger partial charge is 0.291 e. The monoisotopic (exact) mass is 567 g/mol. The van der Waals surface area contributed by atoms with Gasteiger partial charge in [-0.2, -0.15) is 0 Å². The lowest BCUT2D eigenvalue weighted by Gasteiger charge is -2.32. The standard InChI is InChI=1S/C31H33N7O4/c1-4-12-37-14-16-38(17-15-37)13-6-8-22-10-11-26-25(19-22)36(3)31(41)28(21(2)42-26)33-30(40)29-32-27(34-35-29)20-23-7-5-9-24(39)18-23/h1,5,7,9-11,18-19,21,28,39H,12-17,20H2,2-3H3,(H,33,40)(H,32,34,35)/t21-,28+/m1/s1. The van der Waals surface area contributed by atoms with Crippen molar-refractivity contribution in [1.29, 1.82) is 0 Å². The summed E-state index contributed by atoms with van der Waals surface area (Å²) in [6.07, 6.45) is 5.11. The number of likely N-dealkylation sites (N-methyl/N-ethyl adjacent to an activating group) is 1. The number of aromatic amines is 1. The van der Waals surface area contributed by atoms with Crippen molar-refractivity contribution in [2.24, 2.45) is 0 Å². The molecule has 1 fully saturated rings. The molecule has 3 heterocycles. The summed E-state index contributed by atoms with van der Waals surface area (Å²) in [5, 5.41) is 19.2. The highest BCUT2D eigenvalue weighted by Gasteiger charge is 2.36. The summed E-state index contributed by atoms with van der Waals surface area (Å²) in [5.41, 5.74) is 2.14. The van der Waals surface area contributed by atoms with Crippen LogP contribution in [-0.4, -0.2) is 100 Å². The molecule has 3 aromatic rings. The van der Waals surface area contributed by atoms with E-state index in [0.29, 0.717) is 36.8 Å². The number of H-pyrrole nitrogens is 1. The van der Waals surface area contributed by atoms with E-state index in [4.69, 9.17) is 11.2 Å². The Hall–Kier alpha value is -4.84. The van der Waals surface area contributed by atoms with Crippen LogP contribution < -0.4 is 15.0 Å². The SMILES string of the molecule is C#CCN1CCN(CC#Cc2ccc3c(c2)N(C)C(=O)[C@@H](NC(=O)c2n[nH]c(Cc4cccc(O)c4)n2)[C@@H](C)O3)CC1. The Kier molecular flexibility index (Phi) is 8.72. The van der Waals surface area contributed by atoms with Gasteiger partial charge in [-0.05, 0) is 42.8 Å². The molecule has 0 radical (unpaired) electrons. The molecule has 0 aliphatic carbocycles. The molecule has 2 aliphatic rings. The Morgan fingerprint density at radius 2 is 1.93 bits per heavy atom. The highest BCUT2D eigenvalue weighted by molar-refractivity contribution is 6.02. The van der Waals surface area contributed by atoms with Gasteiger partial charge in [0.1, 0.15) is 29.5 Å². The topological polar surface area (TPSA) is 127 Å². The summed E-state index contributed by atoms with van der Waals surface area (Å²) in [5.74, 6) is 9.21. The second kappa shape index (κ2) is 12.8. The van der Waals surface area contributed by atoms with Crippen LogP contribution in [0.1, 0.15) is 34.5 Å². The van der Waals surface area contributed by atoms with Gasteiger partial charge in [0.15, 0.2) is 0 Å². The van der Waals surface area contributed by atoms with Gasteiger partial charge in [-0.25, -0.2) is 4.98 Å². The van der Waals surface area contributed by atoms with Crippen LogP contribution >= 0.6 is 0 Å². The Labute approximate surface area is 244 Å². The van der Waals surface area contributed by atoms with Gasteiger partial charge in [0.2, 0.25) is 5.82 Å². The number of anilines is 1. The summed E-state index contributed by atoms with van der Waals surface area (Å²) >= 11 is 0. The number of amides is 2. The number of fused-ring (bicyclic) bond motifs is 1. The number of carbonyl (C=O) groups excluding carboxylic acids is 2. The molecule has 2 atom stereocenters. The number of aromatic hydroxyl groups is 1. The first-order valence-corrected chi connectivity index (χ1v) is 13.8. The molecule has 0 unspecified atom stereocenters. The number of terminal acetylenes is 1. The van der Waals surface area contributed by atoms with Gasteiger partial charge in [-0.1, -0.05) is 29.9 Å². The third kappa shape index (κ3) is 6.72. The van der Waals surface area contributed by atoms with Crippen LogP contribution in [0.3, 0.4) is 0 Å². The number of rotatable bonds is 6. The van der Waals surface area contributed by atoms with E-state index in [9.17, 15) is 14.7 Å². The van der Waals surface area contributed by atoms with Crippen molar-refractivity contribution in [2.75, 3.05) is 51.2 Å². The first-order chi connectivity index (χ1) is 20.3. The third-order valence-electron chi connectivity index (χ3n) is 7.32. The molecule has 11 heteroatoms. The molecule has 11 nitrogen and oxygen atoms in total. The van der Waals surface area contributed by atoms with Gasteiger partial charge in [-0.15, -0.1) is 11.5 Å². The molecule has 2 aromatic carbocycles. The zero-order chi connectivity index (χ0) is 29.6. The molecule has 3 N–H and O–H groups in total. The van der Waals surface area contributed by atoms with Gasteiger partial charge >= 0.3 is 0 Å². The predicted octanol–water partition coefficient (Wildman–Crippen LogP) is 1.25. The summed E-state index contributed by atoms with van der Waals surface area (Å²) < 4.78 is 6.10. The van der Waals surface area contributed by atoms with Crippen molar-refractivity contribution in [3.05, 3.63) is 65.2 Å². The number of nitrogens with zero attached hydrogens (tertiary/aromatic N) is 5. The van der Waals surface area contributed by atoms with Crippen LogP contribution in [0.2, 0.25) is 0 Å². The number of phenolic OH excluding ortho intramolecular Hbond substituents is 1. The Morgan fingerprint density at radius 1 is 1.17 bits per heavy atom. The number of benzene rings is 2. The molecule has 1 aromatic heterocycles. The van der Waals surface area contributed by atoms with E-state index in [1.807, 2.05) is 18.2 Å². The molecular formula is C31H33N7O4. The van der Waals surface area contributed by atoms with Crippen LogP contribution in [0.15, 0.2) is 42.5 Å². The maximum Gasteiger partial charge on any atom is 0.291 e. The van der Waals surface area contributed by atoms with E-state index in [-0.39, 0.29) is 17.5 Å². The molecular weight excluding hydrogens is 534 g/mol. The molecule has 5 rings (SSSR count). The Balaban J connectivity index is 1.22. The number of aromatic nitrogens is 3. The summed E-state index contributed by atoms with van der Waals surface area (Å²) in [6, 6.07) is 11.3. The number of hydrogen-bond acceptors (Lipinski definition) is 8. The van der Waals surface area contributed by atoms with Crippen molar-refractivity contribution in [2.45, 2.75) is 25.5 Å². The molecule has 1 saturated heterocycles. The average Bonchev–Trinajstić information content (AvgIpc) is 3.42. The maximum atomic E-state index is 13.5. The van der Waals surface area contributed by atoms with Crippen LogP contribution in [0.5, 0.6) is 11.5 Å². The predicted molar refractivity (Wildman–Crippen MR) is 157 cm³/mol. The number of phenols is 1. The quantitative estimate of drug-likeness (QED) is 0.380. The molecule has 42 heavy (non-hydrogen) atoms. The minimum absolute atomic E-state index is 0.0930. The van der Waals surface area contributed by atoms with Gasteiger partial charge in [0.25, 0.3) is 11.8 Å². The van der Waals surface area contributed by atoms with E-state index >= 15 is 0 Å². The van der Waals surface area contributed by atoms with Crippen LogP contribution in [0.4, 0.5) is 5.69 Å². The number of carbonyl (C=O) groups is 2. The van der Waals surface area contributed by atoms with E-state index < -0.39 is 18.1 Å². The summed E-state index contributed by atoms with van der Waals surface area (Å²) in [4.78, 5) is 36.8. The normalized spacial score (nSPS) is 19.1. The van der Waals surface area contributed by atoms with Crippen LogP contribution in [-0.2, 0) is 11.2 Å². The van der Waals surface area contributed by atoms with Crippen LogP contribution in [0.25, 0.3) is 0 Å². The first-order valence-electron chi connectivity index (χ1n) is 13.8. The summed E-state index contributed by atoms with van der Waals surface area (Å²) in [7, 11) is 1.65. The second-order valence-corrected chi connectivity index (χ2v) is 10.4. The van der Waals surface area contributed by atoms with E-state index in [2.05, 4.69) is 48.1 Å². The van der Waals surface area contributed by atoms with Gasteiger partial charge < -0.3 is 20.1 Å². The van der Waals surface area contributed by atoms with Crippen molar-refractivity contribution in [3.63, 3.8) is 0 Å². The van der Waals surface area contributed by atoms with Crippen molar-refractivity contribution in [1.82, 2.24) is 30.3 Å². The maximum absolute atomic E-state index is 13.5. The highest BCUT2D eigenvalue weighted by Crippen LogP contribution is 2.33. The molecule has 0 bridgehead atoms. The number of hydrogen-bond donors (Lipinski definition) is 3. The molecule has 216 valence electrons.